The molecule has 0 spiro atoms. The van der Waals surface area contributed by atoms with Crippen LogP contribution in [0.2, 0.25) is 0 Å². The van der Waals surface area contributed by atoms with Crippen LogP contribution >= 0.6 is 27.7 Å². The molecule has 1 aliphatic heterocycles. The van der Waals surface area contributed by atoms with Crippen LogP contribution in [0.4, 0.5) is 4.79 Å². The smallest absolute Gasteiger partial charge is 0.293 e. The summed E-state index contributed by atoms with van der Waals surface area (Å²) in [6.07, 6.45) is 1.73. The van der Waals surface area contributed by atoms with Crippen LogP contribution in [0.25, 0.3) is 6.08 Å². The number of benzene rings is 3. The largest absolute Gasteiger partial charge is 0.457 e. The number of ether oxygens (including phenoxy) is 1. The molecule has 1 saturated heterocycles. The first kappa shape index (κ1) is 19.5. The Hall–Kier alpha value is -2.83. The molecule has 1 fully saturated rings. The molecule has 3 aromatic carbocycles. The molecule has 6 heteroatoms. The summed E-state index contributed by atoms with van der Waals surface area (Å²) < 4.78 is 6.75. The maximum absolute atomic E-state index is 12.8. The van der Waals surface area contributed by atoms with Gasteiger partial charge in [0.1, 0.15) is 11.5 Å². The summed E-state index contributed by atoms with van der Waals surface area (Å²) in [7, 11) is 0. The van der Waals surface area contributed by atoms with Crippen molar-refractivity contribution in [1.29, 1.82) is 0 Å². The van der Waals surface area contributed by atoms with Crippen molar-refractivity contribution in [3.63, 3.8) is 0 Å². The number of amides is 2. The van der Waals surface area contributed by atoms with Crippen LogP contribution in [0.3, 0.4) is 0 Å². The average Bonchev–Trinajstić information content (AvgIpc) is 2.96. The predicted octanol–water partition coefficient (Wildman–Crippen LogP) is 6.48. The fourth-order valence-electron chi connectivity index (χ4n) is 2.90. The van der Waals surface area contributed by atoms with Crippen LogP contribution in [-0.4, -0.2) is 16.0 Å². The van der Waals surface area contributed by atoms with Gasteiger partial charge in [-0.25, -0.2) is 0 Å². The molecule has 1 heterocycles. The van der Waals surface area contributed by atoms with Crippen LogP contribution < -0.4 is 4.74 Å². The van der Waals surface area contributed by atoms with Crippen LogP contribution in [0.1, 0.15) is 11.1 Å². The molecule has 4 rings (SSSR count). The Morgan fingerprint density at radius 2 is 1.66 bits per heavy atom. The number of thioether (sulfide) groups is 1. The number of halogens is 1. The monoisotopic (exact) mass is 465 g/mol. The molecule has 0 radical (unpaired) electrons. The van der Waals surface area contributed by atoms with E-state index in [1.807, 2.05) is 78.9 Å². The van der Waals surface area contributed by atoms with Crippen molar-refractivity contribution in [3.05, 3.63) is 99.4 Å². The van der Waals surface area contributed by atoms with E-state index in [4.69, 9.17) is 4.74 Å². The van der Waals surface area contributed by atoms with E-state index in [0.29, 0.717) is 10.7 Å². The van der Waals surface area contributed by atoms with E-state index in [9.17, 15) is 9.59 Å². The lowest BCUT2D eigenvalue weighted by atomic mass is 10.2. The quantitative estimate of drug-likeness (QED) is 0.404. The molecular formula is C23H16BrNO3S. The van der Waals surface area contributed by atoms with Crippen molar-refractivity contribution in [2.24, 2.45) is 0 Å². The lowest BCUT2D eigenvalue weighted by molar-refractivity contribution is -0.123. The first-order valence-electron chi connectivity index (χ1n) is 8.91. The first-order chi connectivity index (χ1) is 14.1. The molecule has 0 saturated carbocycles. The zero-order chi connectivity index (χ0) is 20.2. The highest BCUT2D eigenvalue weighted by Gasteiger charge is 2.35. The van der Waals surface area contributed by atoms with Gasteiger partial charge in [0.25, 0.3) is 11.1 Å². The van der Waals surface area contributed by atoms with Crippen LogP contribution in [0.15, 0.2) is 88.2 Å². The van der Waals surface area contributed by atoms with E-state index in [2.05, 4.69) is 15.9 Å². The van der Waals surface area contributed by atoms with Crippen molar-refractivity contribution < 1.29 is 14.3 Å². The van der Waals surface area contributed by atoms with E-state index < -0.39 is 0 Å². The predicted molar refractivity (Wildman–Crippen MR) is 119 cm³/mol. The second-order valence-electron chi connectivity index (χ2n) is 6.39. The van der Waals surface area contributed by atoms with Crippen molar-refractivity contribution in [1.82, 2.24) is 4.90 Å². The van der Waals surface area contributed by atoms with Gasteiger partial charge in [-0.1, -0.05) is 58.4 Å². The molecule has 0 aliphatic carbocycles. The highest BCUT2D eigenvalue weighted by Crippen LogP contribution is 2.34. The molecule has 144 valence electrons. The van der Waals surface area contributed by atoms with E-state index in [1.165, 1.54) is 4.90 Å². The number of nitrogens with zero attached hydrogens (tertiary/aromatic N) is 1. The first-order valence-corrected chi connectivity index (χ1v) is 10.5. The Labute approximate surface area is 181 Å². The van der Waals surface area contributed by atoms with Gasteiger partial charge < -0.3 is 4.74 Å². The highest BCUT2D eigenvalue weighted by atomic mass is 79.9. The maximum atomic E-state index is 12.8. The number of hydrogen-bond acceptors (Lipinski definition) is 4. The molecule has 1 aliphatic rings. The Kier molecular flexibility index (Phi) is 5.83. The van der Waals surface area contributed by atoms with Crippen LogP contribution in [0, 0.1) is 0 Å². The number of hydrogen-bond donors (Lipinski definition) is 0. The molecule has 29 heavy (non-hydrogen) atoms. The fraction of sp³-hybridized carbons (Fsp3) is 0.0435. The number of imide groups is 1. The third-order valence-corrected chi connectivity index (χ3v) is 5.64. The standard InChI is InChI=1S/C23H16BrNO3S/c24-18-8-4-7-17(12-18)15-25-22(26)21(29-23(25)27)14-16-6-5-11-20(13-16)28-19-9-2-1-3-10-19/h1-14H,15H2/b21-14+. The molecule has 0 bridgehead atoms. The summed E-state index contributed by atoms with van der Waals surface area (Å²) in [6.45, 7) is 0.249. The summed E-state index contributed by atoms with van der Waals surface area (Å²) in [5, 5.41) is -0.266. The zero-order valence-corrected chi connectivity index (χ0v) is 17.7. The number of rotatable bonds is 5. The summed E-state index contributed by atoms with van der Waals surface area (Å²) in [4.78, 5) is 26.8. The van der Waals surface area contributed by atoms with Crippen molar-refractivity contribution >= 4 is 44.9 Å². The summed E-state index contributed by atoms with van der Waals surface area (Å²) in [5.41, 5.74) is 1.69. The zero-order valence-electron chi connectivity index (χ0n) is 15.2. The Morgan fingerprint density at radius 3 is 2.45 bits per heavy atom. The molecule has 4 nitrogen and oxygen atoms in total. The molecule has 2 amide bonds. The van der Waals surface area contributed by atoms with Gasteiger partial charge in [0, 0.05) is 4.47 Å². The number of carbonyl (C=O) groups is 2. The van der Waals surface area contributed by atoms with E-state index in [1.54, 1.807) is 6.08 Å². The Bertz CT molecular complexity index is 1100. The normalized spacial score (nSPS) is 15.2. The van der Waals surface area contributed by atoms with Crippen molar-refractivity contribution in [3.8, 4) is 11.5 Å². The molecule has 0 unspecified atom stereocenters. The Morgan fingerprint density at radius 1 is 0.897 bits per heavy atom. The lowest BCUT2D eigenvalue weighted by Crippen LogP contribution is -2.27. The second-order valence-corrected chi connectivity index (χ2v) is 8.29. The SMILES string of the molecule is O=C1S/C(=C/c2cccc(Oc3ccccc3)c2)C(=O)N1Cc1cccc(Br)c1. The third-order valence-electron chi connectivity index (χ3n) is 4.24. The van der Waals surface area contributed by atoms with Crippen LogP contribution in [0.5, 0.6) is 11.5 Å². The molecule has 0 aromatic heterocycles. The Balaban J connectivity index is 1.52. The number of para-hydroxylation sites is 1. The minimum Gasteiger partial charge on any atom is -0.457 e. The molecule has 3 aromatic rings. The lowest BCUT2D eigenvalue weighted by Gasteiger charge is -2.12. The highest BCUT2D eigenvalue weighted by molar-refractivity contribution is 9.10. The maximum Gasteiger partial charge on any atom is 0.293 e. The van der Waals surface area contributed by atoms with E-state index in [-0.39, 0.29) is 17.7 Å². The molecular weight excluding hydrogens is 450 g/mol. The fourth-order valence-corrected chi connectivity index (χ4v) is 4.18. The van der Waals surface area contributed by atoms with Gasteiger partial charge in [-0.15, -0.1) is 0 Å². The van der Waals surface area contributed by atoms with Gasteiger partial charge in [0.2, 0.25) is 0 Å². The molecule has 0 atom stereocenters. The van der Waals surface area contributed by atoms with Gasteiger partial charge >= 0.3 is 0 Å². The minimum atomic E-state index is -0.283. The summed E-state index contributed by atoms with van der Waals surface area (Å²) >= 11 is 4.37. The second kappa shape index (κ2) is 8.68. The van der Waals surface area contributed by atoms with Gasteiger partial charge in [-0.05, 0) is 65.4 Å². The van der Waals surface area contributed by atoms with Crippen molar-refractivity contribution in [2.75, 3.05) is 0 Å². The average molecular weight is 466 g/mol. The van der Waals surface area contributed by atoms with E-state index in [0.717, 1.165) is 33.1 Å². The summed E-state index contributed by atoms with van der Waals surface area (Å²) in [5.74, 6) is 1.12. The van der Waals surface area contributed by atoms with Crippen molar-refractivity contribution in [2.45, 2.75) is 6.54 Å². The van der Waals surface area contributed by atoms with Gasteiger partial charge in [0.15, 0.2) is 0 Å². The van der Waals surface area contributed by atoms with Gasteiger partial charge in [-0.3, -0.25) is 14.5 Å². The topological polar surface area (TPSA) is 46.6 Å². The minimum absolute atomic E-state index is 0.249. The van der Waals surface area contributed by atoms with Gasteiger partial charge in [0.05, 0.1) is 11.4 Å². The van der Waals surface area contributed by atoms with Crippen LogP contribution in [-0.2, 0) is 11.3 Å². The summed E-state index contributed by atoms with van der Waals surface area (Å²) in [6, 6.07) is 24.5. The van der Waals surface area contributed by atoms with Gasteiger partial charge in [-0.2, -0.15) is 0 Å². The van der Waals surface area contributed by atoms with E-state index >= 15 is 0 Å². The number of carbonyl (C=O) groups excluding carboxylic acids is 2. The molecule has 0 N–H and O–H groups in total. The third kappa shape index (κ3) is 4.78.